The van der Waals surface area contributed by atoms with Gasteiger partial charge < -0.3 is 14.8 Å². The molecule has 2 N–H and O–H groups in total. The molecule has 0 unspecified atom stereocenters. The van der Waals surface area contributed by atoms with Crippen LogP contribution in [0.25, 0.3) is 0 Å². The third kappa shape index (κ3) is 5.84. The Hall–Kier alpha value is -3.32. The molecule has 3 aromatic rings. The maximum Gasteiger partial charge on any atom is 0.262 e. The van der Waals surface area contributed by atoms with Gasteiger partial charge in [0.2, 0.25) is 0 Å². The van der Waals surface area contributed by atoms with Crippen LogP contribution in [0.5, 0.6) is 11.5 Å². The van der Waals surface area contributed by atoms with Crippen molar-refractivity contribution in [1.29, 1.82) is 0 Å². The number of hydrogen-bond donors (Lipinski definition) is 2. The van der Waals surface area contributed by atoms with Crippen molar-refractivity contribution in [3.05, 3.63) is 82.3 Å². The number of ether oxygens (including phenoxy) is 2. The molecular formula is C23H22BrN3O3. The minimum atomic E-state index is -0.254. The topological polar surface area (TPSA) is 71.9 Å². The van der Waals surface area contributed by atoms with Crippen LogP contribution in [0.15, 0.2) is 76.3 Å². The van der Waals surface area contributed by atoms with Crippen LogP contribution in [0.2, 0.25) is 0 Å². The first kappa shape index (κ1) is 21.4. The van der Waals surface area contributed by atoms with E-state index in [0.717, 1.165) is 22.5 Å². The number of aryl methyl sites for hydroxylation is 1. The Labute approximate surface area is 184 Å². The summed E-state index contributed by atoms with van der Waals surface area (Å²) < 4.78 is 11.8. The molecule has 0 aliphatic rings. The van der Waals surface area contributed by atoms with Crippen LogP contribution in [-0.4, -0.2) is 25.8 Å². The molecule has 6 nitrogen and oxygen atoms in total. The molecule has 0 aliphatic heterocycles. The zero-order valence-electron chi connectivity index (χ0n) is 16.7. The lowest BCUT2D eigenvalue weighted by Gasteiger charge is -2.14. The van der Waals surface area contributed by atoms with Crippen LogP contribution in [0, 0.1) is 6.92 Å². The van der Waals surface area contributed by atoms with Gasteiger partial charge in [0.1, 0.15) is 0 Å². The summed E-state index contributed by atoms with van der Waals surface area (Å²) in [5.74, 6) is 0.691. The molecule has 0 heterocycles. The average molecular weight is 468 g/mol. The van der Waals surface area contributed by atoms with Crippen molar-refractivity contribution in [2.45, 2.75) is 6.92 Å². The van der Waals surface area contributed by atoms with E-state index >= 15 is 0 Å². The van der Waals surface area contributed by atoms with E-state index in [1.807, 2.05) is 67.6 Å². The summed E-state index contributed by atoms with van der Waals surface area (Å²) in [6.45, 7) is 1.79. The lowest BCUT2D eigenvalue weighted by molar-refractivity contribution is -0.118. The normalized spacial score (nSPS) is 10.6. The van der Waals surface area contributed by atoms with Crippen molar-refractivity contribution < 1.29 is 14.3 Å². The molecule has 3 aromatic carbocycles. The fraction of sp³-hybridized carbons (Fsp3) is 0.130. The van der Waals surface area contributed by atoms with E-state index in [2.05, 4.69) is 31.8 Å². The molecule has 0 atom stereocenters. The number of halogens is 1. The van der Waals surface area contributed by atoms with E-state index < -0.39 is 0 Å². The lowest BCUT2D eigenvalue weighted by Crippen LogP contribution is -2.21. The van der Waals surface area contributed by atoms with Gasteiger partial charge in [-0.25, -0.2) is 0 Å². The molecule has 0 spiro atoms. The summed E-state index contributed by atoms with van der Waals surface area (Å²) in [5, 5.41) is 7.07. The second kappa shape index (κ2) is 10.5. The van der Waals surface area contributed by atoms with E-state index in [1.54, 1.807) is 19.4 Å². The number of amides is 1. The summed E-state index contributed by atoms with van der Waals surface area (Å²) in [5.41, 5.74) is 6.40. The number of anilines is 2. The molecule has 0 saturated heterocycles. The van der Waals surface area contributed by atoms with Crippen molar-refractivity contribution >= 4 is 39.4 Å². The number of rotatable bonds is 8. The van der Waals surface area contributed by atoms with Crippen molar-refractivity contribution in [2.75, 3.05) is 24.5 Å². The average Bonchev–Trinajstić information content (AvgIpc) is 2.75. The van der Waals surface area contributed by atoms with E-state index in [0.29, 0.717) is 16.0 Å². The predicted octanol–water partition coefficient (Wildman–Crippen LogP) is 5.23. The van der Waals surface area contributed by atoms with Gasteiger partial charge in [0.15, 0.2) is 18.1 Å². The van der Waals surface area contributed by atoms with Crippen molar-refractivity contribution in [1.82, 2.24) is 0 Å². The summed E-state index contributed by atoms with van der Waals surface area (Å²) >= 11 is 3.49. The summed E-state index contributed by atoms with van der Waals surface area (Å²) in [4.78, 5) is 12.3. The number of nitrogens with zero attached hydrogens (tertiary/aromatic N) is 1. The van der Waals surface area contributed by atoms with Crippen LogP contribution in [0.4, 0.5) is 11.4 Å². The number of nitrogens with one attached hydrogen (secondary N) is 2. The Morgan fingerprint density at radius 1 is 1.10 bits per heavy atom. The molecule has 3 rings (SSSR count). The van der Waals surface area contributed by atoms with Crippen LogP contribution < -0.4 is 20.2 Å². The van der Waals surface area contributed by atoms with E-state index in [-0.39, 0.29) is 12.5 Å². The largest absolute Gasteiger partial charge is 0.493 e. The third-order valence-corrected chi connectivity index (χ3v) is 4.79. The van der Waals surface area contributed by atoms with E-state index in [9.17, 15) is 4.79 Å². The summed E-state index contributed by atoms with van der Waals surface area (Å²) in [6, 6.07) is 20.8. The van der Waals surface area contributed by atoms with Crippen LogP contribution in [-0.2, 0) is 4.79 Å². The number of para-hydroxylation sites is 2. The highest BCUT2D eigenvalue weighted by molar-refractivity contribution is 9.10. The molecule has 154 valence electrons. The number of carbonyl (C=O) groups is 1. The van der Waals surface area contributed by atoms with E-state index in [1.165, 1.54) is 0 Å². The maximum absolute atomic E-state index is 12.3. The van der Waals surface area contributed by atoms with Gasteiger partial charge in [0, 0.05) is 5.69 Å². The second-order valence-corrected chi connectivity index (χ2v) is 7.28. The molecule has 0 radical (unpaired) electrons. The van der Waals surface area contributed by atoms with Crippen LogP contribution in [0.1, 0.15) is 11.1 Å². The third-order valence-electron chi connectivity index (χ3n) is 4.20. The Morgan fingerprint density at radius 3 is 2.57 bits per heavy atom. The number of benzene rings is 3. The number of hydrazone groups is 1. The molecule has 0 bridgehead atoms. The van der Waals surface area contributed by atoms with Gasteiger partial charge >= 0.3 is 0 Å². The SMILES string of the molecule is COc1cc(C=NNc2ccccc2)cc(Br)c1OCC(=O)Nc1ccccc1C. The van der Waals surface area contributed by atoms with E-state index in [4.69, 9.17) is 9.47 Å². The minimum Gasteiger partial charge on any atom is -0.493 e. The zero-order chi connectivity index (χ0) is 21.3. The highest BCUT2D eigenvalue weighted by atomic mass is 79.9. The Bertz CT molecular complexity index is 1040. The highest BCUT2D eigenvalue weighted by Gasteiger charge is 2.13. The Morgan fingerprint density at radius 2 is 1.83 bits per heavy atom. The molecule has 0 fully saturated rings. The fourth-order valence-electron chi connectivity index (χ4n) is 2.69. The van der Waals surface area contributed by atoms with Crippen molar-refractivity contribution in [3.63, 3.8) is 0 Å². The molecular weight excluding hydrogens is 446 g/mol. The number of carbonyl (C=O) groups excluding carboxylic acids is 1. The molecule has 0 saturated carbocycles. The first-order chi connectivity index (χ1) is 14.6. The molecule has 0 aromatic heterocycles. The van der Waals surface area contributed by atoms with Crippen molar-refractivity contribution in [2.24, 2.45) is 5.10 Å². The second-order valence-electron chi connectivity index (χ2n) is 6.42. The van der Waals surface area contributed by atoms with Crippen LogP contribution in [0.3, 0.4) is 0 Å². The summed E-state index contributed by atoms with van der Waals surface area (Å²) in [6.07, 6.45) is 1.68. The molecule has 7 heteroatoms. The van der Waals surface area contributed by atoms with Crippen molar-refractivity contribution in [3.8, 4) is 11.5 Å². The minimum absolute atomic E-state index is 0.147. The monoisotopic (exact) mass is 467 g/mol. The number of methoxy groups -OCH3 is 1. The predicted molar refractivity (Wildman–Crippen MR) is 124 cm³/mol. The zero-order valence-corrected chi connectivity index (χ0v) is 18.3. The molecule has 30 heavy (non-hydrogen) atoms. The van der Waals surface area contributed by atoms with Gasteiger partial charge in [-0.1, -0.05) is 36.4 Å². The number of hydrogen-bond acceptors (Lipinski definition) is 5. The van der Waals surface area contributed by atoms with Gasteiger partial charge in [-0.3, -0.25) is 10.2 Å². The first-order valence-electron chi connectivity index (χ1n) is 9.27. The van der Waals surface area contributed by atoms with Gasteiger partial charge in [0.05, 0.1) is 23.5 Å². The van der Waals surface area contributed by atoms with Gasteiger partial charge in [0.25, 0.3) is 5.91 Å². The lowest BCUT2D eigenvalue weighted by atomic mass is 10.2. The van der Waals surface area contributed by atoms with Gasteiger partial charge in [-0.05, 0) is 64.3 Å². The molecule has 0 aliphatic carbocycles. The quantitative estimate of drug-likeness (QED) is 0.351. The van der Waals surface area contributed by atoms with Gasteiger partial charge in [-0.2, -0.15) is 5.10 Å². The van der Waals surface area contributed by atoms with Gasteiger partial charge in [-0.15, -0.1) is 0 Å². The fourth-order valence-corrected chi connectivity index (χ4v) is 3.26. The first-order valence-corrected chi connectivity index (χ1v) is 10.1. The standard InChI is InChI=1S/C23H22BrN3O3/c1-16-8-6-7-11-20(16)26-22(28)15-30-23-19(24)12-17(13-21(23)29-2)14-25-27-18-9-4-3-5-10-18/h3-14,27H,15H2,1-2H3,(H,26,28). The Kier molecular flexibility index (Phi) is 7.45. The highest BCUT2D eigenvalue weighted by Crippen LogP contribution is 2.36. The maximum atomic E-state index is 12.3. The smallest absolute Gasteiger partial charge is 0.262 e. The van der Waals surface area contributed by atoms with Crippen LogP contribution >= 0.6 is 15.9 Å². The Balaban J connectivity index is 1.65. The molecule has 1 amide bonds. The summed E-state index contributed by atoms with van der Waals surface area (Å²) in [7, 11) is 1.55.